The molecule has 1 aromatic heterocycles. The Balaban J connectivity index is 1.98. The first-order valence-electron chi connectivity index (χ1n) is 8.04. The van der Waals surface area contributed by atoms with Gasteiger partial charge in [0.15, 0.2) is 10.00 Å². The average molecular weight is 475 g/mol. The van der Waals surface area contributed by atoms with Crippen LogP contribution in [0.5, 0.6) is 5.88 Å². The lowest BCUT2D eigenvalue weighted by Gasteiger charge is -2.15. The maximum atomic E-state index is 12.5. The Bertz CT molecular complexity index is 1310. The fourth-order valence-corrected chi connectivity index (χ4v) is 4.87. The molecule has 1 amide bonds. The lowest BCUT2D eigenvalue weighted by Crippen LogP contribution is -2.23. The van der Waals surface area contributed by atoms with Crippen LogP contribution in [-0.2, 0) is 9.59 Å². The van der Waals surface area contributed by atoms with Gasteiger partial charge in [-0.1, -0.05) is 46.3 Å². The molecule has 0 radical (unpaired) electrons. The number of carbonyl (C=O) groups excluding carboxylic acids is 1. The van der Waals surface area contributed by atoms with E-state index in [4.69, 9.17) is 12.2 Å². The third kappa shape index (κ3) is 3.01. The third-order valence-corrected chi connectivity index (χ3v) is 6.22. The zero-order valence-electron chi connectivity index (χ0n) is 14.0. The quantitative estimate of drug-likeness (QED) is 0.567. The van der Waals surface area contributed by atoms with Crippen molar-refractivity contribution in [1.82, 2.24) is 4.57 Å². The van der Waals surface area contributed by atoms with Gasteiger partial charge in [0, 0.05) is 9.69 Å². The van der Waals surface area contributed by atoms with E-state index in [0.717, 1.165) is 20.4 Å². The van der Waals surface area contributed by atoms with Crippen molar-refractivity contribution in [3.63, 3.8) is 0 Å². The normalized spacial score (nSPS) is 13.9. The van der Waals surface area contributed by atoms with Gasteiger partial charge in [0.05, 0.1) is 10.9 Å². The largest absolute Gasteiger partial charge is 0.493 e. The molecule has 1 unspecified atom stereocenters. The van der Waals surface area contributed by atoms with E-state index < -0.39 is 17.9 Å². The molecule has 2 N–H and O–H groups in total. The molecule has 140 valence electrons. The second-order valence-electron chi connectivity index (χ2n) is 6.00. The molecule has 9 heteroatoms. The van der Waals surface area contributed by atoms with Gasteiger partial charge >= 0.3 is 5.97 Å². The minimum absolute atomic E-state index is 0.146. The number of carbonyl (C=O) groups is 2. The van der Waals surface area contributed by atoms with E-state index in [0.29, 0.717) is 16.1 Å². The molecule has 1 aliphatic rings. The summed E-state index contributed by atoms with van der Waals surface area (Å²) in [4.78, 5) is 28.7. The molecule has 1 atom stereocenters. The van der Waals surface area contributed by atoms with Gasteiger partial charge in [0.1, 0.15) is 4.88 Å². The van der Waals surface area contributed by atoms with Gasteiger partial charge in [-0.15, -0.1) is 11.3 Å². The van der Waals surface area contributed by atoms with Crippen LogP contribution in [0.2, 0.25) is 0 Å². The molecule has 1 aliphatic heterocycles. The van der Waals surface area contributed by atoms with Gasteiger partial charge in [0.25, 0.3) is 5.91 Å². The first-order chi connectivity index (χ1) is 13.4. The first-order valence-corrected chi connectivity index (χ1v) is 10.1. The highest BCUT2D eigenvalue weighted by atomic mass is 79.9. The number of hydrogen-bond acceptors (Lipinski definition) is 5. The second-order valence-corrected chi connectivity index (χ2v) is 8.56. The maximum Gasteiger partial charge on any atom is 0.331 e. The van der Waals surface area contributed by atoms with Crippen molar-refractivity contribution in [2.24, 2.45) is 4.99 Å². The lowest BCUT2D eigenvalue weighted by molar-refractivity contribution is -0.139. The van der Waals surface area contributed by atoms with Crippen LogP contribution in [0.15, 0.2) is 58.0 Å². The molecule has 0 bridgehead atoms. The van der Waals surface area contributed by atoms with Crippen molar-refractivity contribution in [3.05, 3.63) is 78.0 Å². The highest BCUT2D eigenvalue weighted by molar-refractivity contribution is 9.10. The zero-order chi connectivity index (χ0) is 20.0. The number of aromatic hydroxyl groups is 1. The van der Waals surface area contributed by atoms with Gasteiger partial charge in [-0.3, -0.25) is 9.36 Å². The Hall–Kier alpha value is -2.62. The fourth-order valence-electron chi connectivity index (χ4n) is 3.11. The van der Waals surface area contributed by atoms with Crippen LogP contribution >= 0.6 is 39.5 Å². The van der Waals surface area contributed by atoms with Crippen molar-refractivity contribution < 1.29 is 19.8 Å². The molecule has 6 nitrogen and oxygen atoms in total. The summed E-state index contributed by atoms with van der Waals surface area (Å²) < 4.78 is 2.06. The molecule has 3 aromatic rings. The molecule has 4 rings (SSSR count). The van der Waals surface area contributed by atoms with E-state index in [1.807, 2.05) is 0 Å². The Morgan fingerprint density at radius 2 is 1.93 bits per heavy atom. The van der Waals surface area contributed by atoms with Crippen molar-refractivity contribution in [2.75, 3.05) is 0 Å². The van der Waals surface area contributed by atoms with Gasteiger partial charge in [0.2, 0.25) is 5.88 Å². The number of rotatable bonds is 4. The summed E-state index contributed by atoms with van der Waals surface area (Å²) in [5.41, 5.74) is 0.669. The molecular weight excluding hydrogens is 464 g/mol. The minimum atomic E-state index is -1.21. The number of thiazole rings is 1. The molecule has 0 saturated heterocycles. The molecule has 28 heavy (non-hydrogen) atoms. The molecular formula is C19H11BrN2O4S2. The number of fused-ring (bicyclic) bond motifs is 1. The molecule has 0 fully saturated rings. The van der Waals surface area contributed by atoms with E-state index in [1.54, 1.807) is 48.5 Å². The first kappa shape index (κ1) is 18.7. The second kappa shape index (κ2) is 7.08. The van der Waals surface area contributed by atoms with E-state index in [1.165, 1.54) is 0 Å². The highest BCUT2D eigenvalue weighted by Crippen LogP contribution is 2.37. The van der Waals surface area contributed by atoms with Crippen LogP contribution in [-0.4, -0.2) is 26.7 Å². The number of aromatic nitrogens is 1. The molecule has 0 spiro atoms. The van der Waals surface area contributed by atoms with Crippen LogP contribution < -0.4 is 10.6 Å². The number of hydrogen-bond donors (Lipinski definition) is 2. The third-order valence-electron chi connectivity index (χ3n) is 4.32. The Morgan fingerprint density at radius 3 is 2.61 bits per heavy atom. The van der Waals surface area contributed by atoms with Crippen molar-refractivity contribution >= 4 is 56.9 Å². The summed E-state index contributed by atoms with van der Waals surface area (Å²) in [6.07, 6.45) is 0. The maximum absolute atomic E-state index is 12.5. The van der Waals surface area contributed by atoms with Crippen LogP contribution in [0.4, 0.5) is 0 Å². The molecule has 0 aliphatic carbocycles. The van der Waals surface area contributed by atoms with Crippen LogP contribution in [0, 0.1) is 3.95 Å². The summed E-state index contributed by atoms with van der Waals surface area (Å²) >= 11 is 9.70. The van der Waals surface area contributed by atoms with Crippen molar-refractivity contribution in [3.8, 4) is 5.88 Å². The van der Waals surface area contributed by atoms with Crippen LogP contribution in [0.3, 0.4) is 0 Å². The van der Waals surface area contributed by atoms with Crippen LogP contribution in [0.1, 0.15) is 16.5 Å². The average Bonchev–Trinajstić information content (AvgIpc) is 3.12. The Labute approximate surface area is 175 Å². The van der Waals surface area contributed by atoms with Gasteiger partial charge in [-0.2, -0.15) is 0 Å². The Kier molecular flexibility index (Phi) is 4.74. The number of amides is 1. The van der Waals surface area contributed by atoms with Crippen LogP contribution in [0.25, 0.3) is 5.57 Å². The van der Waals surface area contributed by atoms with Crippen molar-refractivity contribution in [2.45, 2.75) is 6.04 Å². The number of aliphatic carboxylic acids is 1. The van der Waals surface area contributed by atoms with Gasteiger partial charge in [-0.25, -0.2) is 9.79 Å². The van der Waals surface area contributed by atoms with Gasteiger partial charge in [-0.05, 0) is 36.0 Å². The number of carboxylic acid groups (broad SMARTS) is 1. The lowest BCUT2D eigenvalue weighted by atomic mass is 10.1. The van der Waals surface area contributed by atoms with Crippen molar-refractivity contribution in [1.29, 1.82) is 0 Å². The predicted octanol–water partition coefficient (Wildman–Crippen LogP) is 2.78. The van der Waals surface area contributed by atoms with E-state index in [-0.39, 0.29) is 20.3 Å². The topological polar surface area (TPSA) is 91.9 Å². The highest BCUT2D eigenvalue weighted by Gasteiger charge is 2.31. The summed E-state index contributed by atoms with van der Waals surface area (Å²) in [5.74, 6) is -2.03. The summed E-state index contributed by atoms with van der Waals surface area (Å²) in [5, 5.41) is 21.7. The zero-order valence-corrected chi connectivity index (χ0v) is 17.2. The molecule has 2 aromatic carbocycles. The van der Waals surface area contributed by atoms with E-state index in [2.05, 4.69) is 20.9 Å². The summed E-state index contributed by atoms with van der Waals surface area (Å²) in [6.45, 7) is 0. The number of carboxylic acids is 1. The number of benzene rings is 2. The van der Waals surface area contributed by atoms with E-state index in [9.17, 15) is 19.8 Å². The number of nitrogens with zero attached hydrogens (tertiary/aromatic N) is 2. The van der Waals surface area contributed by atoms with E-state index >= 15 is 0 Å². The molecule has 0 saturated carbocycles. The van der Waals surface area contributed by atoms with Gasteiger partial charge < -0.3 is 10.2 Å². The fraction of sp³-hybridized carbons (Fsp3) is 0.0526. The SMILES string of the molecule is O=C1N=c2ccc(Br)cc2=C1c1sc(=S)n(C(C(=O)O)c2ccccc2)c1O. The monoisotopic (exact) mass is 474 g/mol. The predicted molar refractivity (Wildman–Crippen MR) is 109 cm³/mol. The smallest absolute Gasteiger partial charge is 0.331 e. The molecule has 2 heterocycles. The summed E-state index contributed by atoms with van der Waals surface area (Å²) in [6, 6.07) is 12.5. The Morgan fingerprint density at radius 1 is 1.21 bits per heavy atom. The minimum Gasteiger partial charge on any atom is -0.493 e. The number of halogens is 1. The summed E-state index contributed by atoms with van der Waals surface area (Å²) in [7, 11) is 0. The standard InChI is InChI=1S/C19H11BrN2O4S2/c20-10-6-7-12-11(8-10)13(16(23)21-12)15-17(24)22(19(27)28-15)14(18(25)26)9-4-2-1-3-5-9/h1-8,14,24H,(H,25,26).